The third-order valence-electron chi connectivity index (χ3n) is 5.30. The number of nitrogens with zero attached hydrogens (tertiary/aromatic N) is 3. The average molecular weight is 388 g/mol. The van der Waals surface area contributed by atoms with Crippen molar-refractivity contribution in [2.45, 2.75) is 31.8 Å². The lowest BCUT2D eigenvalue weighted by molar-refractivity contribution is -0.122. The molecule has 1 N–H and O–H groups in total. The van der Waals surface area contributed by atoms with Gasteiger partial charge < -0.3 is 5.32 Å². The van der Waals surface area contributed by atoms with Gasteiger partial charge in [-0.2, -0.15) is 0 Å². The summed E-state index contributed by atoms with van der Waals surface area (Å²) in [6.07, 6.45) is 3.50. The minimum atomic E-state index is -0.145. The van der Waals surface area contributed by atoms with Crippen LogP contribution in [0.4, 0.5) is 0 Å². The van der Waals surface area contributed by atoms with Crippen LogP contribution in [-0.4, -0.2) is 20.9 Å². The number of fused-ring (bicyclic) bond motifs is 2. The minimum Gasteiger partial charge on any atom is -0.343 e. The number of carbonyl (C=O) groups excluding carboxylic acids is 1. The van der Waals surface area contributed by atoms with E-state index in [1.54, 1.807) is 16.0 Å². The van der Waals surface area contributed by atoms with Gasteiger partial charge in [-0.25, -0.2) is 4.68 Å². The summed E-state index contributed by atoms with van der Waals surface area (Å²) in [5.41, 5.74) is 5.65. The average Bonchev–Trinajstić information content (AvgIpc) is 3.47. The third-order valence-corrected chi connectivity index (χ3v) is 6.24. The van der Waals surface area contributed by atoms with Crippen molar-refractivity contribution in [3.8, 4) is 0 Å². The second kappa shape index (κ2) is 7.20. The molecule has 0 bridgehead atoms. The summed E-state index contributed by atoms with van der Waals surface area (Å²) in [6, 6.07) is 18.3. The third kappa shape index (κ3) is 3.20. The Morgan fingerprint density at radius 2 is 2.00 bits per heavy atom. The van der Waals surface area contributed by atoms with Crippen LogP contribution in [-0.2, 0) is 24.2 Å². The van der Waals surface area contributed by atoms with Gasteiger partial charge >= 0.3 is 0 Å². The highest BCUT2D eigenvalue weighted by molar-refractivity contribution is 7.10. The Kier molecular flexibility index (Phi) is 4.41. The van der Waals surface area contributed by atoms with Gasteiger partial charge in [0.15, 0.2) is 0 Å². The standard InChI is InChI=1S/C22H20N4OS/c27-21(14-26-19-8-2-1-7-18(19)24-25-26)23-22(20-9-4-12-28-20)17-11-10-15-5-3-6-16(15)13-17/h1-2,4,7-13,22H,3,5-6,14H2,(H,23,27). The van der Waals surface area contributed by atoms with Crippen molar-refractivity contribution in [2.24, 2.45) is 0 Å². The van der Waals surface area contributed by atoms with Gasteiger partial charge in [0.1, 0.15) is 12.1 Å². The Bertz CT molecular complexity index is 1130. The molecule has 2 aromatic carbocycles. The molecule has 1 unspecified atom stereocenters. The number of hydrogen-bond acceptors (Lipinski definition) is 4. The molecule has 28 heavy (non-hydrogen) atoms. The Labute approximate surface area is 167 Å². The maximum absolute atomic E-state index is 12.9. The van der Waals surface area contributed by atoms with E-state index < -0.39 is 0 Å². The molecule has 2 aromatic heterocycles. The Balaban J connectivity index is 1.41. The molecule has 140 valence electrons. The van der Waals surface area contributed by atoms with Crippen molar-refractivity contribution >= 4 is 28.3 Å². The molecule has 5 rings (SSSR count). The van der Waals surface area contributed by atoms with E-state index in [2.05, 4.69) is 39.9 Å². The molecule has 0 aliphatic heterocycles. The summed E-state index contributed by atoms with van der Waals surface area (Å²) in [5.74, 6) is -0.0745. The topological polar surface area (TPSA) is 59.8 Å². The van der Waals surface area contributed by atoms with Gasteiger partial charge in [0.05, 0.1) is 11.6 Å². The van der Waals surface area contributed by atoms with Crippen LogP contribution < -0.4 is 5.32 Å². The molecule has 1 atom stereocenters. The van der Waals surface area contributed by atoms with E-state index in [0.29, 0.717) is 0 Å². The number of carbonyl (C=O) groups is 1. The Morgan fingerprint density at radius 1 is 1.11 bits per heavy atom. The van der Waals surface area contributed by atoms with Crippen LogP contribution in [0.2, 0.25) is 0 Å². The van der Waals surface area contributed by atoms with Crippen molar-refractivity contribution in [3.05, 3.63) is 81.5 Å². The molecule has 0 spiro atoms. The quantitative estimate of drug-likeness (QED) is 0.564. The fourth-order valence-electron chi connectivity index (χ4n) is 3.92. The van der Waals surface area contributed by atoms with Crippen molar-refractivity contribution in [1.29, 1.82) is 0 Å². The number of para-hydroxylation sites is 1. The summed E-state index contributed by atoms with van der Waals surface area (Å²) in [7, 11) is 0. The smallest absolute Gasteiger partial charge is 0.242 e. The van der Waals surface area contributed by atoms with Gasteiger partial charge in [-0.3, -0.25) is 4.79 Å². The maximum Gasteiger partial charge on any atom is 0.242 e. The van der Waals surface area contributed by atoms with Crippen LogP contribution >= 0.6 is 11.3 Å². The van der Waals surface area contributed by atoms with Crippen LogP contribution in [0.15, 0.2) is 60.0 Å². The Morgan fingerprint density at radius 3 is 2.89 bits per heavy atom. The van der Waals surface area contributed by atoms with Crippen LogP contribution in [0, 0.1) is 0 Å². The van der Waals surface area contributed by atoms with Crippen LogP contribution in [0.5, 0.6) is 0 Å². The Hall–Kier alpha value is -2.99. The molecule has 6 heteroatoms. The lowest BCUT2D eigenvalue weighted by Gasteiger charge is -2.19. The molecule has 0 saturated carbocycles. The highest BCUT2D eigenvalue weighted by Crippen LogP contribution is 2.30. The van der Waals surface area contributed by atoms with Gasteiger partial charge in [0.25, 0.3) is 0 Å². The van der Waals surface area contributed by atoms with Gasteiger partial charge in [0, 0.05) is 4.88 Å². The van der Waals surface area contributed by atoms with E-state index in [-0.39, 0.29) is 18.5 Å². The molecule has 1 aliphatic carbocycles. The summed E-state index contributed by atoms with van der Waals surface area (Å²) < 4.78 is 1.65. The molecule has 1 amide bonds. The lowest BCUT2D eigenvalue weighted by Crippen LogP contribution is -2.32. The zero-order valence-electron chi connectivity index (χ0n) is 15.3. The van der Waals surface area contributed by atoms with E-state index in [1.807, 2.05) is 35.7 Å². The first-order chi connectivity index (χ1) is 13.8. The molecule has 0 saturated heterocycles. The lowest BCUT2D eigenvalue weighted by atomic mass is 10.00. The van der Waals surface area contributed by atoms with Crippen LogP contribution in [0.3, 0.4) is 0 Å². The van der Waals surface area contributed by atoms with Crippen molar-refractivity contribution in [3.63, 3.8) is 0 Å². The number of amides is 1. The van der Waals surface area contributed by atoms with Gasteiger partial charge in [0.2, 0.25) is 5.91 Å². The monoisotopic (exact) mass is 388 g/mol. The number of aryl methyl sites for hydroxylation is 2. The predicted molar refractivity (Wildman–Crippen MR) is 110 cm³/mol. The SMILES string of the molecule is O=C(Cn1nnc2ccccc21)NC(c1ccc2c(c1)CCC2)c1cccs1. The molecule has 0 radical (unpaired) electrons. The van der Waals surface area contributed by atoms with Gasteiger partial charge in [-0.15, -0.1) is 16.4 Å². The fourth-order valence-corrected chi connectivity index (χ4v) is 4.72. The largest absolute Gasteiger partial charge is 0.343 e. The van der Waals surface area contributed by atoms with E-state index in [1.165, 1.54) is 17.5 Å². The van der Waals surface area contributed by atoms with E-state index in [4.69, 9.17) is 0 Å². The second-order valence-corrected chi connectivity index (χ2v) is 8.11. The summed E-state index contributed by atoms with van der Waals surface area (Å²) >= 11 is 1.66. The summed E-state index contributed by atoms with van der Waals surface area (Å²) in [4.78, 5) is 14.0. The highest BCUT2D eigenvalue weighted by atomic mass is 32.1. The first-order valence-electron chi connectivity index (χ1n) is 9.50. The molecule has 0 fully saturated rings. The predicted octanol–water partition coefficient (Wildman–Crippen LogP) is 3.89. The zero-order chi connectivity index (χ0) is 18.9. The normalized spacial score (nSPS) is 14.1. The number of nitrogens with one attached hydrogen (secondary N) is 1. The number of benzene rings is 2. The number of aromatic nitrogens is 3. The zero-order valence-corrected chi connectivity index (χ0v) is 16.2. The van der Waals surface area contributed by atoms with Gasteiger partial charge in [-0.1, -0.05) is 41.6 Å². The van der Waals surface area contributed by atoms with E-state index in [9.17, 15) is 4.79 Å². The second-order valence-electron chi connectivity index (χ2n) is 7.13. The van der Waals surface area contributed by atoms with Crippen LogP contribution in [0.25, 0.3) is 11.0 Å². The first kappa shape index (κ1) is 17.1. The fraction of sp³-hybridized carbons (Fsp3) is 0.227. The molecule has 2 heterocycles. The maximum atomic E-state index is 12.9. The minimum absolute atomic E-state index is 0.0745. The number of thiophene rings is 1. The molecule has 4 aromatic rings. The highest BCUT2D eigenvalue weighted by Gasteiger charge is 2.21. The van der Waals surface area contributed by atoms with E-state index in [0.717, 1.165) is 34.3 Å². The molecule has 5 nitrogen and oxygen atoms in total. The van der Waals surface area contributed by atoms with Crippen molar-refractivity contribution < 1.29 is 4.79 Å². The van der Waals surface area contributed by atoms with Gasteiger partial charge in [-0.05, 0) is 59.5 Å². The van der Waals surface area contributed by atoms with Crippen molar-refractivity contribution in [1.82, 2.24) is 20.3 Å². The summed E-state index contributed by atoms with van der Waals surface area (Å²) in [6.45, 7) is 0.146. The number of hydrogen-bond donors (Lipinski definition) is 1. The molecular weight excluding hydrogens is 368 g/mol. The molecular formula is C22H20N4OS. The van der Waals surface area contributed by atoms with Crippen molar-refractivity contribution in [2.75, 3.05) is 0 Å². The van der Waals surface area contributed by atoms with E-state index >= 15 is 0 Å². The first-order valence-corrected chi connectivity index (χ1v) is 10.4. The number of rotatable bonds is 5. The molecule has 1 aliphatic rings. The summed E-state index contributed by atoms with van der Waals surface area (Å²) in [5, 5.41) is 13.5. The van der Waals surface area contributed by atoms with Crippen LogP contribution in [0.1, 0.15) is 34.0 Å².